The van der Waals surface area contributed by atoms with E-state index in [9.17, 15) is 9.59 Å². The van der Waals surface area contributed by atoms with Gasteiger partial charge in [-0.1, -0.05) is 29.3 Å². The number of halogens is 2. The highest BCUT2D eigenvalue weighted by molar-refractivity contribution is 6.35. The second kappa shape index (κ2) is 7.72. The smallest absolute Gasteiger partial charge is 0.338 e. The zero-order valence-electron chi connectivity index (χ0n) is 14.0. The van der Waals surface area contributed by atoms with Gasteiger partial charge in [0.2, 0.25) is 5.54 Å². The van der Waals surface area contributed by atoms with Gasteiger partial charge >= 0.3 is 11.9 Å². The molecule has 1 aliphatic rings. The number of carbonyl (C=O) groups is 2. The molecule has 0 amide bonds. The second-order valence-electron chi connectivity index (χ2n) is 5.64. The maximum atomic E-state index is 12.8. The van der Waals surface area contributed by atoms with Crippen LogP contribution >= 0.6 is 23.2 Å². The lowest BCUT2D eigenvalue weighted by molar-refractivity contribution is -0.172. The molecule has 0 N–H and O–H groups in total. The third-order valence-electron chi connectivity index (χ3n) is 4.37. The Kier molecular flexibility index (Phi) is 6.12. The number of rotatable bonds is 5. The van der Waals surface area contributed by atoms with Gasteiger partial charge in [0.25, 0.3) is 0 Å². The molecule has 0 spiro atoms. The zero-order chi connectivity index (χ0) is 17.9. The molecule has 1 fully saturated rings. The van der Waals surface area contributed by atoms with Gasteiger partial charge in [0, 0.05) is 22.5 Å². The summed E-state index contributed by atoms with van der Waals surface area (Å²) in [7, 11) is 1.72. The van der Waals surface area contributed by atoms with E-state index in [-0.39, 0.29) is 13.2 Å². The van der Waals surface area contributed by atoms with Crippen molar-refractivity contribution in [1.29, 1.82) is 0 Å². The number of hydrogen-bond donors (Lipinski definition) is 0. The van der Waals surface area contributed by atoms with Gasteiger partial charge in [-0.15, -0.1) is 0 Å². The summed E-state index contributed by atoms with van der Waals surface area (Å²) in [5.74, 6) is -1.69. The minimum atomic E-state index is -1.54. The fourth-order valence-corrected chi connectivity index (χ4v) is 3.84. The van der Waals surface area contributed by atoms with Gasteiger partial charge < -0.3 is 9.47 Å². The molecule has 1 aromatic rings. The summed E-state index contributed by atoms with van der Waals surface area (Å²) in [4.78, 5) is 27.3. The zero-order valence-corrected chi connectivity index (χ0v) is 15.5. The molecule has 1 atom stereocenters. The molecule has 24 heavy (non-hydrogen) atoms. The predicted octanol–water partition coefficient (Wildman–Crippen LogP) is 3.28. The van der Waals surface area contributed by atoms with Crippen LogP contribution in [0.4, 0.5) is 0 Å². The molecule has 0 aliphatic carbocycles. The number of nitrogens with zero attached hydrogens (tertiary/aromatic N) is 1. The minimum absolute atomic E-state index is 0.175. The van der Waals surface area contributed by atoms with E-state index in [1.807, 2.05) is 0 Å². The summed E-state index contributed by atoms with van der Waals surface area (Å²) in [6, 6.07) is 5.06. The van der Waals surface area contributed by atoms with Gasteiger partial charge in [-0.25, -0.2) is 9.59 Å². The molecule has 5 nitrogen and oxygen atoms in total. The van der Waals surface area contributed by atoms with Gasteiger partial charge in [0.15, 0.2) is 0 Å². The van der Waals surface area contributed by atoms with Crippen LogP contribution in [0.1, 0.15) is 31.7 Å². The number of ether oxygens (including phenoxy) is 2. The molecule has 2 rings (SSSR count). The number of likely N-dealkylation sites (tertiary alicyclic amines) is 1. The topological polar surface area (TPSA) is 55.8 Å². The summed E-state index contributed by atoms with van der Waals surface area (Å²) >= 11 is 12.3. The summed E-state index contributed by atoms with van der Waals surface area (Å²) in [5.41, 5.74) is -0.852. The normalized spacial score (nSPS) is 20.0. The van der Waals surface area contributed by atoms with Gasteiger partial charge in [0.05, 0.1) is 13.2 Å². The summed E-state index contributed by atoms with van der Waals surface area (Å²) < 4.78 is 10.5. The fraction of sp³-hybridized carbons (Fsp3) is 0.529. The van der Waals surface area contributed by atoms with Crippen LogP contribution in [0.15, 0.2) is 18.2 Å². The molecule has 1 heterocycles. The average Bonchev–Trinajstić information content (AvgIpc) is 2.86. The standard InChI is InChI=1S/C17H21Cl2NO4/c1-4-23-15(21)17(16(22)24-5-2)13(8-9-20(17)3)12-7-6-11(18)10-14(12)19/h6-7,10,13H,4-5,8-9H2,1-3H3. The van der Waals surface area contributed by atoms with Crippen LogP contribution in [0.3, 0.4) is 0 Å². The van der Waals surface area contributed by atoms with Crippen LogP contribution in [0.2, 0.25) is 10.0 Å². The maximum Gasteiger partial charge on any atom is 0.338 e. The molecule has 1 unspecified atom stereocenters. The highest BCUT2D eigenvalue weighted by Crippen LogP contribution is 2.45. The SMILES string of the molecule is CCOC(=O)C1(C(=O)OCC)C(c2ccc(Cl)cc2Cl)CCN1C. The lowest BCUT2D eigenvalue weighted by Gasteiger charge is -2.36. The first-order valence-electron chi connectivity index (χ1n) is 7.90. The van der Waals surface area contributed by atoms with Crippen molar-refractivity contribution < 1.29 is 19.1 Å². The maximum absolute atomic E-state index is 12.8. The van der Waals surface area contributed by atoms with E-state index in [4.69, 9.17) is 32.7 Å². The summed E-state index contributed by atoms with van der Waals surface area (Å²) in [6.45, 7) is 4.30. The minimum Gasteiger partial charge on any atom is -0.464 e. The highest BCUT2D eigenvalue weighted by atomic mass is 35.5. The van der Waals surface area contributed by atoms with Crippen molar-refractivity contribution >= 4 is 35.1 Å². The number of carbonyl (C=O) groups excluding carboxylic acids is 2. The summed E-state index contributed by atoms with van der Waals surface area (Å²) in [6.07, 6.45) is 0.579. The molecule has 1 aromatic carbocycles. The van der Waals surface area contributed by atoms with E-state index < -0.39 is 23.4 Å². The number of hydrogen-bond acceptors (Lipinski definition) is 5. The van der Waals surface area contributed by atoms with Crippen LogP contribution in [-0.4, -0.2) is 49.2 Å². The van der Waals surface area contributed by atoms with E-state index in [0.717, 1.165) is 0 Å². The Morgan fingerprint density at radius 3 is 2.29 bits per heavy atom. The predicted molar refractivity (Wildman–Crippen MR) is 92.4 cm³/mol. The molecular formula is C17H21Cl2NO4. The van der Waals surface area contributed by atoms with E-state index in [0.29, 0.717) is 28.6 Å². The molecular weight excluding hydrogens is 353 g/mol. The van der Waals surface area contributed by atoms with Gasteiger partial charge in [-0.05, 0) is 45.0 Å². The third-order valence-corrected chi connectivity index (χ3v) is 4.93. The molecule has 1 aliphatic heterocycles. The molecule has 0 saturated carbocycles. The number of esters is 2. The van der Waals surface area contributed by atoms with Crippen molar-refractivity contribution in [2.75, 3.05) is 26.8 Å². The first-order chi connectivity index (χ1) is 11.4. The van der Waals surface area contributed by atoms with Gasteiger partial charge in [-0.2, -0.15) is 0 Å². The van der Waals surface area contributed by atoms with Gasteiger partial charge in [0.1, 0.15) is 0 Å². The first-order valence-corrected chi connectivity index (χ1v) is 8.65. The quantitative estimate of drug-likeness (QED) is 0.585. The lowest BCUT2D eigenvalue weighted by atomic mass is 9.79. The molecule has 1 saturated heterocycles. The summed E-state index contributed by atoms with van der Waals surface area (Å²) in [5, 5.41) is 0.911. The molecule has 0 radical (unpaired) electrons. The molecule has 0 aromatic heterocycles. The van der Waals surface area contributed by atoms with Crippen molar-refractivity contribution in [3.05, 3.63) is 33.8 Å². The van der Waals surface area contributed by atoms with E-state index in [2.05, 4.69) is 0 Å². The third kappa shape index (κ3) is 3.13. The van der Waals surface area contributed by atoms with Crippen molar-refractivity contribution in [2.45, 2.75) is 31.7 Å². The van der Waals surface area contributed by atoms with E-state index in [1.165, 1.54) is 0 Å². The first kappa shape index (κ1) is 19.0. The van der Waals surface area contributed by atoms with Crippen LogP contribution in [-0.2, 0) is 19.1 Å². The van der Waals surface area contributed by atoms with Crippen molar-refractivity contribution in [1.82, 2.24) is 4.90 Å². The Morgan fingerprint density at radius 2 is 1.79 bits per heavy atom. The molecule has 7 heteroatoms. The van der Waals surface area contributed by atoms with Crippen LogP contribution < -0.4 is 0 Å². The fourth-order valence-electron chi connectivity index (χ4n) is 3.30. The Balaban J connectivity index is 2.58. The largest absolute Gasteiger partial charge is 0.464 e. The van der Waals surface area contributed by atoms with Crippen molar-refractivity contribution in [2.24, 2.45) is 0 Å². The Bertz CT molecular complexity index is 617. The lowest BCUT2D eigenvalue weighted by Crippen LogP contribution is -2.59. The van der Waals surface area contributed by atoms with Gasteiger partial charge in [-0.3, -0.25) is 4.90 Å². The Labute approximate surface area is 151 Å². The second-order valence-corrected chi connectivity index (χ2v) is 6.48. The molecule has 132 valence electrons. The Morgan fingerprint density at radius 1 is 1.21 bits per heavy atom. The van der Waals surface area contributed by atoms with Crippen molar-refractivity contribution in [3.8, 4) is 0 Å². The van der Waals surface area contributed by atoms with Crippen LogP contribution in [0.5, 0.6) is 0 Å². The van der Waals surface area contributed by atoms with E-state index in [1.54, 1.807) is 44.0 Å². The Hall–Kier alpha value is -1.30. The van der Waals surface area contributed by atoms with Crippen LogP contribution in [0, 0.1) is 0 Å². The average molecular weight is 374 g/mol. The van der Waals surface area contributed by atoms with Crippen LogP contribution in [0.25, 0.3) is 0 Å². The van der Waals surface area contributed by atoms with Crippen molar-refractivity contribution in [3.63, 3.8) is 0 Å². The number of likely N-dealkylation sites (N-methyl/N-ethyl adjacent to an activating group) is 1. The van der Waals surface area contributed by atoms with E-state index >= 15 is 0 Å². The highest BCUT2D eigenvalue weighted by Gasteiger charge is 2.62. The number of benzene rings is 1. The monoisotopic (exact) mass is 373 g/mol. The molecule has 0 bridgehead atoms.